The Bertz CT molecular complexity index is 216. The van der Waals surface area contributed by atoms with Crippen LogP contribution in [0.5, 0.6) is 0 Å². The lowest BCUT2D eigenvalue weighted by Gasteiger charge is -1.81. The molecule has 0 amide bonds. The van der Waals surface area contributed by atoms with Gasteiger partial charge < -0.3 is 15.6 Å². The molecule has 0 spiro atoms. The molecule has 7 heteroatoms. The normalized spacial score (nSPS) is 8.94. The molecule has 0 saturated heterocycles. The highest BCUT2D eigenvalue weighted by molar-refractivity contribution is 6.20. The molecule has 0 aliphatic heterocycles. The van der Waals surface area contributed by atoms with Crippen LogP contribution in [-0.2, 0) is 0 Å². The van der Waals surface area contributed by atoms with Gasteiger partial charge in [-0.3, -0.25) is 0 Å². The Kier molecular flexibility index (Phi) is 20.2. The summed E-state index contributed by atoms with van der Waals surface area (Å²) in [5, 5.41) is 32.0. The number of hydrogen-bond donors (Lipinski definition) is 3. The van der Waals surface area contributed by atoms with Crippen molar-refractivity contribution in [3.63, 3.8) is 0 Å². The van der Waals surface area contributed by atoms with Gasteiger partial charge in [-0.25, -0.2) is 0 Å². The summed E-state index contributed by atoms with van der Waals surface area (Å²) in [5.74, 6) is 0. The van der Waals surface area contributed by atoms with Crippen molar-refractivity contribution in [3.05, 3.63) is 0 Å². The number of hydrogen-bond acceptors (Lipinski definition) is 6. The van der Waals surface area contributed by atoms with Gasteiger partial charge in [0.2, 0.25) is 0 Å². The van der Waals surface area contributed by atoms with Gasteiger partial charge in [0.05, 0.1) is 17.1 Å². The monoisotopic (exact) mass is 249 g/mol. The van der Waals surface area contributed by atoms with Gasteiger partial charge >= 0.3 is 0 Å². The van der Waals surface area contributed by atoms with E-state index in [4.69, 9.17) is 15.6 Å². The Labute approximate surface area is 99.8 Å². The highest BCUT2D eigenvalue weighted by Crippen LogP contribution is 1.75. The molecular formula is C9H23N3O3Si. The van der Waals surface area contributed by atoms with Crippen molar-refractivity contribution in [3.8, 4) is 0 Å². The van der Waals surface area contributed by atoms with Crippen molar-refractivity contribution >= 4 is 27.4 Å². The highest BCUT2D eigenvalue weighted by Gasteiger charge is 1.78. The number of nitrogens with zero attached hydrogens (tertiary/aromatic N) is 3. The van der Waals surface area contributed by atoms with E-state index in [1.54, 1.807) is 27.7 Å². The van der Waals surface area contributed by atoms with Gasteiger partial charge in [0, 0.05) is 10.2 Å². The van der Waals surface area contributed by atoms with Crippen LogP contribution < -0.4 is 0 Å². The van der Waals surface area contributed by atoms with Crippen molar-refractivity contribution in [1.82, 2.24) is 0 Å². The molecule has 0 aliphatic carbocycles. The summed E-state index contributed by atoms with van der Waals surface area (Å²) in [6.07, 6.45) is 0. The molecule has 0 rings (SSSR count). The summed E-state index contributed by atoms with van der Waals surface area (Å²) in [4.78, 5) is 0. The average Bonchev–Trinajstić information content (AvgIpc) is 2.29. The molecule has 0 radical (unpaired) electrons. The zero-order valence-electron chi connectivity index (χ0n) is 10.9. The minimum absolute atomic E-state index is 0.685. The minimum atomic E-state index is 0.685. The molecule has 6 nitrogen and oxygen atoms in total. The van der Waals surface area contributed by atoms with Gasteiger partial charge in [0.15, 0.2) is 0 Å². The van der Waals surface area contributed by atoms with E-state index in [0.29, 0.717) is 11.4 Å². The van der Waals surface area contributed by atoms with Crippen molar-refractivity contribution in [2.75, 3.05) is 0 Å². The van der Waals surface area contributed by atoms with Crippen LogP contribution in [0.2, 0.25) is 6.04 Å². The first-order chi connectivity index (χ1) is 7.35. The fourth-order valence-corrected chi connectivity index (χ4v) is 0.212. The maximum absolute atomic E-state index is 7.94. The first-order valence-corrected chi connectivity index (χ1v) is 6.25. The third-order valence-electron chi connectivity index (χ3n) is 1.08. The maximum Gasteiger partial charge on any atom is 0.0509 e. The fourth-order valence-electron chi connectivity index (χ4n) is 0.0707. The lowest BCUT2D eigenvalue weighted by molar-refractivity contribution is 0.318. The molecule has 3 N–H and O–H groups in total. The van der Waals surface area contributed by atoms with Crippen LogP contribution in [0.25, 0.3) is 0 Å². The molecule has 0 aromatic heterocycles. The second-order valence-corrected chi connectivity index (χ2v) is 3.99. The van der Waals surface area contributed by atoms with Crippen molar-refractivity contribution in [2.24, 2.45) is 15.5 Å². The van der Waals surface area contributed by atoms with Crippen LogP contribution >= 0.6 is 0 Å². The summed E-state index contributed by atoms with van der Waals surface area (Å²) in [6.45, 7) is 8.70. The van der Waals surface area contributed by atoms with E-state index < -0.39 is 0 Å². The Morgan fingerprint density at radius 1 is 0.812 bits per heavy atom. The van der Waals surface area contributed by atoms with E-state index in [0.717, 1.165) is 22.0 Å². The smallest absolute Gasteiger partial charge is 0.0509 e. The Hall–Kier alpha value is -1.37. The quantitative estimate of drug-likeness (QED) is 0.283. The molecule has 0 aliphatic rings. The third-order valence-corrected chi connectivity index (χ3v) is 2.11. The summed E-state index contributed by atoms with van der Waals surface area (Å²) in [7, 11) is 1.09. The number of oxime groups is 3. The predicted molar refractivity (Wildman–Crippen MR) is 70.8 cm³/mol. The fraction of sp³-hybridized carbons (Fsp3) is 0.667. The van der Waals surface area contributed by atoms with E-state index in [1.165, 1.54) is 0 Å². The molecule has 0 saturated carbocycles. The molecule has 96 valence electrons. The summed E-state index contributed by atoms with van der Waals surface area (Å²) >= 11 is 0. The average molecular weight is 249 g/mol. The Morgan fingerprint density at radius 3 is 1.06 bits per heavy atom. The lowest BCUT2D eigenvalue weighted by Crippen LogP contribution is -1.85. The summed E-state index contributed by atoms with van der Waals surface area (Å²) in [5.41, 5.74) is 2.21. The van der Waals surface area contributed by atoms with Gasteiger partial charge in [-0.2, -0.15) is 0 Å². The van der Waals surface area contributed by atoms with Crippen LogP contribution in [0.15, 0.2) is 15.5 Å². The van der Waals surface area contributed by atoms with E-state index >= 15 is 0 Å². The van der Waals surface area contributed by atoms with E-state index in [-0.39, 0.29) is 0 Å². The molecule has 0 heterocycles. The molecule has 16 heavy (non-hydrogen) atoms. The predicted octanol–water partition coefficient (Wildman–Crippen LogP) is 1.33. The standard InChI is InChI=1S/C3H9NOSi.2C3H7NO/c1-3(2-6)4-5;2*1-3(2)4-5/h5H,2H2,1,6H3;2*5H,1-2H3. The molecule has 0 bridgehead atoms. The van der Waals surface area contributed by atoms with Crippen molar-refractivity contribution in [1.29, 1.82) is 0 Å². The molecule has 0 atom stereocenters. The molecule has 0 aromatic carbocycles. The van der Waals surface area contributed by atoms with E-state index in [2.05, 4.69) is 15.5 Å². The molecule has 0 aromatic rings. The van der Waals surface area contributed by atoms with E-state index in [1.807, 2.05) is 6.92 Å². The topological polar surface area (TPSA) is 97.8 Å². The van der Waals surface area contributed by atoms with Gasteiger partial charge in [-0.15, -0.1) is 0 Å². The third kappa shape index (κ3) is 38.9. The first-order valence-electron chi connectivity index (χ1n) is 4.83. The Morgan fingerprint density at radius 2 is 1.06 bits per heavy atom. The van der Waals surface area contributed by atoms with Gasteiger partial charge in [-0.05, 0) is 40.7 Å². The van der Waals surface area contributed by atoms with Crippen LogP contribution in [0.1, 0.15) is 34.6 Å². The van der Waals surface area contributed by atoms with Gasteiger partial charge in [-0.1, -0.05) is 15.5 Å². The SMILES string of the molecule is CC(C)=NO.CC(C)=NO.CC(C[SiH3])=NO. The molecule has 0 fully saturated rings. The van der Waals surface area contributed by atoms with Crippen LogP contribution in [-0.4, -0.2) is 43.0 Å². The van der Waals surface area contributed by atoms with Crippen molar-refractivity contribution < 1.29 is 15.6 Å². The second kappa shape index (κ2) is 16.1. The van der Waals surface area contributed by atoms with Crippen LogP contribution in [0.3, 0.4) is 0 Å². The van der Waals surface area contributed by atoms with Crippen LogP contribution in [0.4, 0.5) is 0 Å². The highest BCUT2D eigenvalue weighted by atomic mass is 28.1. The molecular weight excluding hydrogens is 226 g/mol. The number of rotatable bonds is 1. The van der Waals surface area contributed by atoms with Crippen LogP contribution in [0, 0.1) is 0 Å². The van der Waals surface area contributed by atoms with Gasteiger partial charge in [0.25, 0.3) is 0 Å². The second-order valence-electron chi connectivity index (χ2n) is 3.28. The van der Waals surface area contributed by atoms with E-state index in [9.17, 15) is 0 Å². The summed E-state index contributed by atoms with van der Waals surface area (Å²) < 4.78 is 0. The molecule has 0 unspecified atom stereocenters. The zero-order chi connectivity index (χ0) is 13.6. The Balaban J connectivity index is -0.000000160. The maximum atomic E-state index is 7.94. The van der Waals surface area contributed by atoms with Crippen molar-refractivity contribution in [2.45, 2.75) is 40.7 Å². The zero-order valence-corrected chi connectivity index (χ0v) is 12.9. The first kappa shape index (κ1) is 20.1. The lowest BCUT2D eigenvalue weighted by atomic mass is 10.5. The van der Waals surface area contributed by atoms with Gasteiger partial charge in [0.1, 0.15) is 0 Å². The minimum Gasteiger partial charge on any atom is -0.411 e. The summed E-state index contributed by atoms with van der Waals surface area (Å²) in [6, 6.07) is 0.969. The largest absolute Gasteiger partial charge is 0.411 e.